The summed E-state index contributed by atoms with van der Waals surface area (Å²) in [5, 5.41) is 3.94. The molecule has 0 aliphatic rings. The average Bonchev–Trinajstić information content (AvgIpc) is 2.43. The van der Waals surface area contributed by atoms with Gasteiger partial charge in [0.2, 0.25) is 5.91 Å². The van der Waals surface area contributed by atoms with Gasteiger partial charge in [0.15, 0.2) is 0 Å². The van der Waals surface area contributed by atoms with Gasteiger partial charge in [0.05, 0.1) is 0 Å². The van der Waals surface area contributed by atoms with E-state index in [-0.39, 0.29) is 5.91 Å². The number of benzene rings is 1. The van der Waals surface area contributed by atoms with Gasteiger partial charge in [-0.1, -0.05) is 51.1 Å². The molecule has 0 heterocycles. The van der Waals surface area contributed by atoms with Crippen LogP contribution in [0.2, 0.25) is 0 Å². The highest BCUT2D eigenvalue weighted by Gasteiger charge is 2.37. The van der Waals surface area contributed by atoms with Gasteiger partial charge in [0.25, 0.3) is 0 Å². The zero-order valence-electron chi connectivity index (χ0n) is 12.7. The van der Waals surface area contributed by atoms with Crippen LogP contribution in [0.5, 0.6) is 0 Å². The van der Waals surface area contributed by atoms with Crippen LogP contribution in [-0.4, -0.2) is 23.5 Å². The molecule has 0 saturated heterocycles. The molecule has 0 spiro atoms. The third-order valence-corrected chi connectivity index (χ3v) is 4.40. The van der Waals surface area contributed by atoms with Crippen molar-refractivity contribution in [3.8, 4) is 0 Å². The van der Waals surface area contributed by atoms with Crippen LogP contribution in [-0.2, 0) is 10.3 Å². The van der Waals surface area contributed by atoms with Crippen molar-refractivity contribution in [1.29, 1.82) is 0 Å². The Morgan fingerprint density at radius 1 is 1.35 bits per heavy atom. The van der Waals surface area contributed by atoms with Gasteiger partial charge in [-0.2, -0.15) is 11.8 Å². The minimum atomic E-state index is -0.751. The number of hydrogen-bond acceptors (Lipinski definition) is 3. The van der Waals surface area contributed by atoms with Crippen molar-refractivity contribution in [3.63, 3.8) is 0 Å². The molecule has 0 fully saturated rings. The summed E-state index contributed by atoms with van der Waals surface area (Å²) >= 11 is 1.86. The van der Waals surface area contributed by atoms with Crippen molar-refractivity contribution in [2.75, 3.05) is 12.3 Å². The highest BCUT2D eigenvalue weighted by atomic mass is 32.2. The highest BCUT2D eigenvalue weighted by Crippen LogP contribution is 2.28. The van der Waals surface area contributed by atoms with E-state index < -0.39 is 5.54 Å². The predicted molar refractivity (Wildman–Crippen MR) is 87.8 cm³/mol. The molecule has 3 N–H and O–H groups in total. The van der Waals surface area contributed by atoms with Gasteiger partial charge in [0, 0.05) is 0 Å². The summed E-state index contributed by atoms with van der Waals surface area (Å²) in [6.07, 6.45) is 1.69. The van der Waals surface area contributed by atoms with Crippen molar-refractivity contribution in [1.82, 2.24) is 5.32 Å². The summed E-state index contributed by atoms with van der Waals surface area (Å²) < 4.78 is 0. The molecule has 0 aromatic heterocycles. The van der Waals surface area contributed by atoms with Crippen LogP contribution in [0.15, 0.2) is 30.3 Å². The predicted octanol–water partition coefficient (Wildman–Crippen LogP) is 2.90. The maximum Gasteiger partial charge on any atom is 0.242 e. The number of hydrogen-bond donors (Lipinski definition) is 2. The average molecular weight is 294 g/mol. The second kappa shape index (κ2) is 8.32. The molecule has 0 aliphatic heterocycles. The van der Waals surface area contributed by atoms with Gasteiger partial charge in [-0.3, -0.25) is 10.1 Å². The largest absolute Gasteiger partial charge is 0.368 e. The van der Waals surface area contributed by atoms with E-state index in [1.165, 1.54) is 0 Å². The molecule has 1 aromatic rings. The van der Waals surface area contributed by atoms with Gasteiger partial charge in [-0.05, 0) is 36.0 Å². The van der Waals surface area contributed by atoms with Crippen molar-refractivity contribution >= 4 is 17.7 Å². The summed E-state index contributed by atoms with van der Waals surface area (Å²) in [5.41, 5.74) is 5.96. The summed E-state index contributed by atoms with van der Waals surface area (Å²) in [7, 11) is 0. The van der Waals surface area contributed by atoms with E-state index in [4.69, 9.17) is 5.73 Å². The lowest BCUT2D eigenvalue weighted by Gasteiger charge is -2.32. The van der Waals surface area contributed by atoms with Crippen molar-refractivity contribution in [2.45, 2.75) is 44.4 Å². The van der Waals surface area contributed by atoms with E-state index >= 15 is 0 Å². The molecule has 20 heavy (non-hydrogen) atoms. The standard InChI is InChI=1S/C16H26N2OS/c1-4-11-18-16(15(17)19,10-12-20-13(2)3)14-8-6-5-7-9-14/h5-9,13,18H,4,10-12H2,1-3H3,(H2,17,19). The van der Waals surface area contributed by atoms with Crippen molar-refractivity contribution < 1.29 is 4.79 Å². The maximum atomic E-state index is 12.2. The summed E-state index contributed by atoms with van der Waals surface area (Å²) in [6, 6.07) is 9.82. The van der Waals surface area contributed by atoms with Crippen LogP contribution in [0, 0.1) is 0 Å². The fourth-order valence-electron chi connectivity index (χ4n) is 2.20. The zero-order valence-corrected chi connectivity index (χ0v) is 13.5. The van der Waals surface area contributed by atoms with Crippen LogP contribution < -0.4 is 11.1 Å². The van der Waals surface area contributed by atoms with Crippen molar-refractivity contribution in [3.05, 3.63) is 35.9 Å². The van der Waals surface area contributed by atoms with Crippen molar-refractivity contribution in [2.24, 2.45) is 5.73 Å². The molecule has 112 valence electrons. The first-order valence-corrected chi connectivity index (χ1v) is 8.30. The Balaban J connectivity index is 2.98. The van der Waals surface area contributed by atoms with Gasteiger partial charge in [-0.15, -0.1) is 0 Å². The van der Waals surface area contributed by atoms with Crippen LogP contribution in [0.25, 0.3) is 0 Å². The molecule has 0 radical (unpaired) electrons. The Bertz CT molecular complexity index is 408. The molecule has 1 amide bonds. The third kappa shape index (κ3) is 4.53. The van der Waals surface area contributed by atoms with E-state index in [1.807, 2.05) is 42.1 Å². The third-order valence-electron chi connectivity index (χ3n) is 3.29. The lowest BCUT2D eigenvalue weighted by molar-refractivity contribution is -0.125. The molecular formula is C16H26N2OS. The number of rotatable bonds is 9. The van der Waals surface area contributed by atoms with Gasteiger partial charge in [0.1, 0.15) is 5.54 Å². The maximum absolute atomic E-state index is 12.2. The number of primary amides is 1. The molecular weight excluding hydrogens is 268 g/mol. The number of carbonyl (C=O) groups excluding carboxylic acids is 1. The van der Waals surface area contributed by atoms with Crippen LogP contribution >= 0.6 is 11.8 Å². The first-order chi connectivity index (χ1) is 9.53. The highest BCUT2D eigenvalue weighted by molar-refractivity contribution is 7.99. The van der Waals surface area contributed by atoms with E-state index in [0.29, 0.717) is 5.25 Å². The molecule has 1 unspecified atom stereocenters. The SMILES string of the molecule is CCCNC(CCSC(C)C)(C(N)=O)c1ccccc1. The normalized spacial score (nSPS) is 14.2. The van der Waals surface area contributed by atoms with Gasteiger partial charge >= 0.3 is 0 Å². The lowest BCUT2D eigenvalue weighted by Crippen LogP contribution is -2.53. The van der Waals surface area contributed by atoms with Gasteiger partial charge < -0.3 is 5.73 Å². The molecule has 3 nitrogen and oxygen atoms in total. The van der Waals surface area contributed by atoms with E-state index in [9.17, 15) is 4.79 Å². The molecule has 0 aliphatic carbocycles. The van der Waals surface area contributed by atoms with Crippen LogP contribution in [0.3, 0.4) is 0 Å². The number of carbonyl (C=O) groups is 1. The minimum absolute atomic E-state index is 0.290. The topological polar surface area (TPSA) is 55.1 Å². The number of nitrogens with one attached hydrogen (secondary N) is 1. The first-order valence-electron chi connectivity index (χ1n) is 7.25. The Morgan fingerprint density at radius 2 is 2.00 bits per heavy atom. The Morgan fingerprint density at radius 3 is 2.50 bits per heavy atom. The number of nitrogens with two attached hydrogens (primary N) is 1. The molecule has 0 saturated carbocycles. The molecule has 1 aromatic carbocycles. The Hall–Kier alpha value is -1.00. The fraction of sp³-hybridized carbons (Fsp3) is 0.562. The van der Waals surface area contributed by atoms with Gasteiger partial charge in [-0.25, -0.2) is 0 Å². The quantitative estimate of drug-likeness (QED) is 0.736. The number of amides is 1. The summed E-state index contributed by atoms with van der Waals surface area (Å²) in [6.45, 7) is 7.20. The van der Waals surface area contributed by atoms with E-state index in [2.05, 4.69) is 26.1 Å². The minimum Gasteiger partial charge on any atom is -0.368 e. The monoisotopic (exact) mass is 294 g/mol. The summed E-state index contributed by atoms with van der Waals surface area (Å²) in [4.78, 5) is 12.2. The smallest absolute Gasteiger partial charge is 0.242 e. The summed E-state index contributed by atoms with van der Waals surface area (Å²) in [5.74, 6) is 0.619. The fourth-order valence-corrected chi connectivity index (χ4v) is 3.09. The van der Waals surface area contributed by atoms with E-state index in [1.54, 1.807) is 0 Å². The molecule has 0 bridgehead atoms. The molecule has 1 atom stereocenters. The second-order valence-corrected chi connectivity index (χ2v) is 6.92. The molecule has 4 heteroatoms. The van der Waals surface area contributed by atoms with Crippen LogP contribution in [0.1, 0.15) is 39.2 Å². The Labute approximate surface area is 126 Å². The lowest BCUT2D eigenvalue weighted by atomic mass is 9.86. The van der Waals surface area contributed by atoms with E-state index in [0.717, 1.165) is 30.7 Å². The Kier molecular flexibility index (Phi) is 7.10. The van der Waals surface area contributed by atoms with Crippen LogP contribution in [0.4, 0.5) is 0 Å². The second-order valence-electron chi connectivity index (χ2n) is 5.23. The zero-order chi connectivity index (χ0) is 15.0. The first kappa shape index (κ1) is 17.1. The number of thioether (sulfide) groups is 1. The molecule has 1 rings (SSSR count).